The average molecular weight is 238 g/mol. The molecule has 0 radical (unpaired) electrons. The van der Waals surface area contributed by atoms with E-state index in [-0.39, 0.29) is 5.91 Å². The van der Waals surface area contributed by atoms with Crippen LogP contribution in [0.15, 0.2) is 0 Å². The molecule has 0 aromatic heterocycles. The van der Waals surface area contributed by atoms with E-state index in [0.29, 0.717) is 12.0 Å². The Morgan fingerprint density at radius 3 is 2.41 bits per heavy atom. The van der Waals surface area contributed by atoms with E-state index in [1.807, 2.05) is 0 Å². The average Bonchev–Trinajstić information content (AvgIpc) is 3.01. The van der Waals surface area contributed by atoms with Crippen LogP contribution in [0.4, 0.5) is 0 Å². The fraction of sp³-hybridized carbons (Fsp3) is 0.929. The van der Waals surface area contributed by atoms with Gasteiger partial charge in [-0.2, -0.15) is 0 Å². The molecule has 0 saturated heterocycles. The van der Waals surface area contributed by atoms with Crippen molar-refractivity contribution in [3.63, 3.8) is 0 Å². The Morgan fingerprint density at radius 2 is 1.94 bits per heavy atom. The first kappa shape index (κ1) is 12.9. The second kappa shape index (κ2) is 4.97. The van der Waals surface area contributed by atoms with Crippen LogP contribution in [-0.4, -0.2) is 28.9 Å². The Hall–Kier alpha value is -0.570. The summed E-state index contributed by atoms with van der Waals surface area (Å²) in [4.78, 5) is 14.7. The highest BCUT2D eigenvalue weighted by molar-refractivity contribution is 5.87. The summed E-state index contributed by atoms with van der Waals surface area (Å²) in [6, 6.07) is 0.502. The van der Waals surface area contributed by atoms with Gasteiger partial charge in [0.05, 0.1) is 5.54 Å². The number of rotatable bonds is 5. The van der Waals surface area contributed by atoms with E-state index in [1.54, 1.807) is 0 Å². The Morgan fingerprint density at radius 1 is 1.35 bits per heavy atom. The highest BCUT2D eigenvalue weighted by Crippen LogP contribution is 2.34. The molecule has 1 amide bonds. The molecule has 2 aliphatic carbocycles. The van der Waals surface area contributed by atoms with Gasteiger partial charge in [0.15, 0.2) is 0 Å². The zero-order chi connectivity index (χ0) is 12.5. The van der Waals surface area contributed by atoms with E-state index >= 15 is 0 Å². The fourth-order valence-electron chi connectivity index (χ4n) is 2.74. The number of hydrogen-bond donors (Lipinski definition) is 1. The van der Waals surface area contributed by atoms with Gasteiger partial charge in [-0.3, -0.25) is 4.79 Å². The van der Waals surface area contributed by atoms with Crippen LogP contribution >= 0.6 is 0 Å². The van der Waals surface area contributed by atoms with Crippen molar-refractivity contribution in [1.82, 2.24) is 4.90 Å². The van der Waals surface area contributed by atoms with Crippen molar-refractivity contribution in [3.8, 4) is 0 Å². The largest absolute Gasteiger partial charge is 0.338 e. The quantitative estimate of drug-likeness (QED) is 0.799. The van der Waals surface area contributed by atoms with Gasteiger partial charge in [0.25, 0.3) is 0 Å². The highest BCUT2D eigenvalue weighted by atomic mass is 16.2. The predicted molar refractivity (Wildman–Crippen MR) is 69.6 cm³/mol. The Bertz CT molecular complexity index is 278. The maximum absolute atomic E-state index is 12.6. The van der Waals surface area contributed by atoms with E-state index < -0.39 is 5.54 Å². The summed E-state index contributed by atoms with van der Waals surface area (Å²) in [5, 5.41) is 0. The van der Waals surface area contributed by atoms with Gasteiger partial charge in [-0.15, -0.1) is 0 Å². The number of carbonyl (C=O) groups excluding carboxylic acids is 1. The fourth-order valence-corrected chi connectivity index (χ4v) is 2.74. The lowest BCUT2D eigenvalue weighted by atomic mass is 9.96. The van der Waals surface area contributed by atoms with Crippen LogP contribution in [-0.2, 0) is 4.79 Å². The zero-order valence-electron chi connectivity index (χ0n) is 11.2. The van der Waals surface area contributed by atoms with Gasteiger partial charge < -0.3 is 10.6 Å². The lowest BCUT2D eigenvalue weighted by molar-refractivity contribution is -0.137. The first-order valence-corrected chi connectivity index (χ1v) is 7.13. The van der Waals surface area contributed by atoms with Crippen LogP contribution in [0.3, 0.4) is 0 Å². The van der Waals surface area contributed by atoms with Crippen molar-refractivity contribution in [2.45, 2.75) is 70.4 Å². The van der Waals surface area contributed by atoms with E-state index in [2.05, 4.69) is 18.7 Å². The summed E-state index contributed by atoms with van der Waals surface area (Å²) < 4.78 is 0. The molecule has 2 saturated carbocycles. The SMILES string of the molecule is CC(C)CCN(C(=O)C1(N)CCCC1)C1CC1. The molecule has 98 valence electrons. The molecule has 0 aliphatic heterocycles. The zero-order valence-corrected chi connectivity index (χ0v) is 11.2. The number of nitrogens with two attached hydrogens (primary N) is 1. The van der Waals surface area contributed by atoms with Crippen molar-refractivity contribution >= 4 is 5.91 Å². The summed E-state index contributed by atoms with van der Waals surface area (Å²) in [5.41, 5.74) is 5.76. The topological polar surface area (TPSA) is 46.3 Å². The first-order chi connectivity index (χ1) is 8.03. The molecule has 0 unspecified atom stereocenters. The molecule has 0 heterocycles. The second-order valence-corrected chi connectivity index (χ2v) is 6.28. The first-order valence-electron chi connectivity index (χ1n) is 7.13. The molecule has 0 atom stereocenters. The molecule has 17 heavy (non-hydrogen) atoms. The minimum absolute atomic E-state index is 0.234. The van der Waals surface area contributed by atoms with Gasteiger partial charge in [-0.25, -0.2) is 0 Å². The molecule has 0 aromatic carbocycles. The Labute approximate surface area is 105 Å². The maximum atomic E-state index is 12.6. The number of hydrogen-bond acceptors (Lipinski definition) is 2. The molecule has 3 nitrogen and oxygen atoms in total. The van der Waals surface area contributed by atoms with Crippen LogP contribution in [0.25, 0.3) is 0 Å². The summed E-state index contributed by atoms with van der Waals surface area (Å²) in [5.74, 6) is 0.888. The van der Waals surface area contributed by atoms with Crippen molar-refractivity contribution in [1.29, 1.82) is 0 Å². The van der Waals surface area contributed by atoms with Crippen molar-refractivity contribution in [2.24, 2.45) is 11.7 Å². The third-order valence-corrected chi connectivity index (χ3v) is 4.12. The van der Waals surface area contributed by atoms with Crippen molar-refractivity contribution in [2.75, 3.05) is 6.54 Å². The van der Waals surface area contributed by atoms with Gasteiger partial charge in [0.1, 0.15) is 0 Å². The van der Waals surface area contributed by atoms with E-state index in [9.17, 15) is 4.79 Å². The molecular weight excluding hydrogens is 212 g/mol. The van der Waals surface area contributed by atoms with Crippen LogP contribution in [0.1, 0.15) is 58.8 Å². The van der Waals surface area contributed by atoms with Gasteiger partial charge in [0.2, 0.25) is 5.91 Å². The van der Waals surface area contributed by atoms with Crippen molar-refractivity contribution < 1.29 is 4.79 Å². The van der Waals surface area contributed by atoms with Crippen LogP contribution < -0.4 is 5.73 Å². The van der Waals surface area contributed by atoms with Crippen LogP contribution in [0.5, 0.6) is 0 Å². The lowest BCUT2D eigenvalue weighted by Gasteiger charge is -2.32. The minimum Gasteiger partial charge on any atom is -0.338 e. The van der Waals surface area contributed by atoms with Gasteiger partial charge in [-0.05, 0) is 38.0 Å². The smallest absolute Gasteiger partial charge is 0.242 e. The third kappa shape index (κ3) is 3.01. The highest BCUT2D eigenvalue weighted by Gasteiger charge is 2.43. The molecule has 0 aromatic rings. The summed E-state index contributed by atoms with van der Waals surface area (Å²) in [6.45, 7) is 5.33. The molecule has 3 heteroatoms. The number of nitrogens with zero attached hydrogens (tertiary/aromatic N) is 1. The molecule has 0 bridgehead atoms. The standard InChI is InChI=1S/C14H26N2O/c1-11(2)7-10-16(12-5-6-12)13(17)14(15)8-3-4-9-14/h11-12H,3-10,15H2,1-2H3. The van der Waals surface area contributed by atoms with Crippen LogP contribution in [0, 0.1) is 5.92 Å². The molecule has 0 spiro atoms. The second-order valence-electron chi connectivity index (χ2n) is 6.28. The molecular formula is C14H26N2O. The third-order valence-electron chi connectivity index (χ3n) is 4.12. The lowest BCUT2D eigenvalue weighted by Crippen LogP contribution is -2.54. The Kier molecular flexibility index (Phi) is 3.76. The maximum Gasteiger partial charge on any atom is 0.242 e. The normalized spacial score (nSPS) is 23.1. The summed E-state index contributed by atoms with van der Waals surface area (Å²) in [7, 11) is 0. The van der Waals surface area contributed by atoms with Gasteiger partial charge >= 0.3 is 0 Å². The number of carbonyl (C=O) groups is 1. The molecule has 2 rings (SSSR count). The van der Waals surface area contributed by atoms with Crippen molar-refractivity contribution in [3.05, 3.63) is 0 Å². The molecule has 2 aliphatic rings. The summed E-state index contributed by atoms with van der Waals surface area (Å²) >= 11 is 0. The van der Waals surface area contributed by atoms with E-state index in [1.165, 1.54) is 12.8 Å². The van der Waals surface area contributed by atoms with Gasteiger partial charge in [0, 0.05) is 12.6 Å². The Balaban J connectivity index is 1.97. The summed E-state index contributed by atoms with van der Waals surface area (Å²) in [6.07, 6.45) is 7.46. The minimum atomic E-state index is -0.528. The number of amides is 1. The van der Waals surface area contributed by atoms with Crippen LogP contribution in [0.2, 0.25) is 0 Å². The predicted octanol–water partition coefficient (Wildman–Crippen LogP) is 2.29. The van der Waals surface area contributed by atoms with E-state index in [0.717, 1.165) is 38.6 Å². The molecule has 2 fully saturated rings. The van der Waals surface area contributed by atoms with E-state index in [4.69, 9.17) is 5.73 Å². The van der Waals surface area contributed by atoms with Gasteiger partial charge in [-0.1, -0.05) is 26.7 Å². The monoisotopic (exact) mass is 238 g/mol. The molecule has 2 N–H and O–H groups in total.